The van der Waals surface area contributed by atoms with Crippen LogP contribution in [0.1, 0.15) is 10.4 Å². The number of hydrogen-bond donors (Lipinski definition) is 1. The third kappa shape index (κ3) is 1.60. The van der Waals surface area contributed by atoms with Gasteiger partial charge in [-0.3, -0.25) is 14.9 Å². The van der Waals surface area contributed by atoms with Gasteiger partial charge in [0, 0.05) is 6.20 Å². The zero-order chi connectivity index (χ0) is 10.7. The van der Waals surface area contributed by atoms with Gasteiger partial charge in [-0.1, -0.05) is 0 Å². The Kier molecular flexibility index (Phi) is 2.61. The number of ether oxygens (including phenoxy) is 1. The molecule has 0 aromatic carbocycles. The first-order valence-electron chi connectivity index (χ1n) is 3.51. The molecule has 1 aromatic heterocycles. The Morgan fingerprint density at radius 1 is 1.57 bits per heavy atom. The average molecular weight is 198 g/mol. The third-order valence-electron chi connectivity index (χ3n) is 1.53. The first kappa shape index (κ1) is 9.90. The van der Waals surface area contributed by atoms with Crippen molar-refractivity contribution in [2.24, 2.45) is 0 Å². The molecule has 0 saturated carbocycles. The number of H-pyrrole nitrogens is 1. The van der Waals surface area contributed by atoms with Crippen molar-refractivity contribution in [1.82, 2.24) is 4.98 Å². The van der Waals surface area contributed by atoms with Crippen LogP contribution in [-0.4, -0.2) is 23.0 Å². The maximum absolute atomic E-state index is 11.2. The highest BCUT2D eigenvalue weighted by atomic mass is 16.6. The molecule has 7 nitrogen and oxygen atoms in total. The second kappa shape index (κ2) is 3.69. The molecule has 0 atom stereocenters. The van der Waals surface area contributed by atoms with Crippen LogP contribution in [0.25, 0.3) is 0 Å². The van der Waals surface area contributed by atoms with Gasteiger partial charge in [-0.05, 0) is 0 Å². The van der Waals surface area contributed by atoms with E-state index < -0.39 is 22.0 Å². The molecular weight excluding hydrogens is 192 g/mol. The highest BCUT2D eigenvalue weighted by Gasteiger charge is 2.19. The number of nitrogens with one attached hydrogen (secondary N) is 1. The molecule has 0 amide bonds. The number of methoxy groups -OCH3 is 1. The Balaban J connectivity index is 3.35. The van der Waals surface area contributed by atoms with Crippen LogP contribution < -0.4 is 5.43 Å². The van der Waals surface area contributed by atoms with E-state index in [1.807, 2.05) is 0 Å². The van der Waals surface area contributed by atoms with Gasteiger partial charge in [-0.25, -0.2) is 4.79 Å². The number of esters is 1. The molecule has 0 spiro atoms. The fourth-order valence-electron chi connectivity index (χ4n) is 0.870. The quantitative estimate of drug-likeness (QED) is 0.411. The summed E-state index contributed by atoms with van der Waals surface area (Å²) in [6.45, 7) is 0. The smallest absolute Gasteiger partial charge is 0.343 e. The minimum atomic E-state index is -0.958. The molecule has 0 saturated heterocycles. The largest absolute Gasteiger partial charge is 0.465 e. The standard InChI is InChI=1S/C7H6N2O5/c1-14-7(11)4-2-8-3-5(6(4)10)9(12)13/h2-3H,1H3,(H,8,10). The van der Waals surface area contributed by atoms with Crippen LogP contribution in [0.15, 0.2) is 17.2 Å². The minimum absolute atomic E-state index is 0.387. The van der Waals surface area contributed by atoms with Crippen molar-refractivity contribution in [2.45, 2.75) is 0 Å². The van der Waals surface area contributed by atoms with Gasteiger partial charge >= 0.3 is 11.7 Å². The molecule has 0 aliphatic heterocycles. The van der Waals surface area contributed by atoms with Gasteiger partial charge < -0.3 is 9.72 Å². The molecule has 0 fully saturated rings. The van der Waals surface area contributed by atoms with Gasteiger partial charge in [0.25, 0.3) is 5.43 Å². The van der Waals surface area contributed by atoms with Gasteiger partial charge in [0.15, 0.2) is 0 Å². The molecule has 7 heteroatoms. The van der Waals surface area contributed by atoms with E-state index in [0.717, 1.165) is 19.5 Å². The van der Waals surface area contributed by atoms with Gasteiger partial charge in [0.2, 0.25) is 0 Å². The van der Waals surface area contributed by atoms with Crippen LogP contribution in [0.3, 0.4) is 0 Å². The lowest BCUT2D eigenvalue weighted by atomic mass is 10.2. The summed E-state index contributed by atoms with van der Waals surface area (Å²) in [6.07, 6.45) is 1.97. The molecule has 74 valence electrons. The summed E-state index contributed by atoms with van der Waals surface area (Å²) in [5.74, 6) is -0.907. The van der Waals surface area contributed by atoms with Gasteiger partial charge in [0.1, 0.15) is 5.56 Å². The van der Waals surface area contributed by atoms with Gasteiger partial charge in [0.05, 0.1) is 18.2 Å². The maximum Gasteiger partial charge on any atom is 0.343 e. The van der Waals surface area contributed by atoms with E-state index in [-0.39, 0.29) is 5.56 Å². The molecule has 1 heterocycles. The van der Waals surface area contributed by atoms with Crippen LogP contribution >= 0.6 is 0 Å². The number of carbonyl (C=O) groups excluding carboxylic acids is 1. The Labute approximate surface area is 77.5 Å². The number of aromatic amines is 1. The van der Waals surface area contributed by atoms with Gasteiger partial charge in [-0.2, -0.15) is 0 Å². The molecule has 0 radical (unpaired) electrons. The highest BCUT2D eigenvalue weighted by molar-refractivity contribution is 5.89. The fraction of sp³-hybridized carbons (Fsp3) is 0.143. The zero-order valence-corrected chi connectivity index (χ0v) is 7.14. The minimum Gasteiger partial charge on any atom is -0.465 e. The molecule has 14 heavy (non-hydrogen) atoms. The number of nitro groups is 1. The Morgan fingerprint density at radius 3 is 2.71 bits per heavy atom. The van der Waals surface area contributed by atoms with Crippen LogP contribution in [0.2, 0.25) is 0 Å². The number of pyridine rings is 1. The van der Waals surface area contributed by atoms with E-state index in [4.69, 9.17) is 0 Å². The average Bonchev–Trinajstić information content (AvgIpc) is 2.16. The number of aromatic nitrogens is 1. The number of nitrogens with zero attached hydrogens (tertiary/aromatic N) is 1. The SMILES string of the molecule is COC(=O)c1c[nH]cc([N+](=O)[O-])c1=O. The zero-order valence-electron chi connectivity index (χ0n) is 7.14. The number of carbonyl (C=O) groups is 1. The fourth-order valence-corrected chi connectivity index (χ4v) is 0.870. The first-order chi connectivity index (χ1) is 6.57. The van der Waals surface area contributed by atoms with E-state index in [0.29, 0.717) is 0 Å². The van der Waals surface area contributed by atoms with Crippen molar-refractivity contribution in [3.8, 4) is 0 Å². The van der Waals surface area contributed by atoms with E-state index in [2.05, 4.69) is 9.72 Å². The predicted octanol–water partition coefficient (Wildman–Crippen LogP) is 0.0697. The van der Waals surface area contributed by atoms with Crippen molar-refractivity contribution in [1.29, 1.82) is 0 Å². The lowest BCUT2D eigenvalue weighted by molar-refractivity contribution is -0.386. The second-order valence-electron chi connectivity index (χ2n) is 2.33. The molecule has 0 aliphatic carbocycles. The lowest BCUT2D eigenvalue weighted by Gasteiger charge is -1.96. The van der Waals surface area contributed by atoms with Crippen molar-refractivity contribution in [3.05, 3.63) is 38.3 Å². The molecule has 1 N–H and O–H groups in total. The van der Waals surface area contributed by atoms with Crippen LogP contribution in [-0.2, 0) is 4.74 Å². The molecule has 1 rings (SSSR count). The molecule has 0 unspecified atom stereocenters. The second-order valence-corrected chi connectivity index (χ2v) is 2.33. The summed E-state index contributed by atoms with van der Waals surface area (Å²) in [5, 5.41) is 10.3. The molecular formula is C7H6N2O5. The van der Waals surface area contributed by atoms with E-state index in [9.17, 15) is 19.7 Å². The molecule has 0 bridgehead atoms. The molecule has 1 aromatic rings. The van der Waals surface area contributed by atoms with Crippen molar-refractivity contribution in [2.75, 3.05) is 7.11 Å². The monoisotopic (exact) mass is 198 g/mol. The van der Waals surface area contributed by atoms with Crippen molar-refractivity contribution >= 4 is 11.7 Å². The third-order valence-corrected chi connectivity index (χ3v) is 1.53. The van der Waals surface area contributed by atoms with Gasteiger partial charge in [-0.15, -0.1) is 0 Å². The lowest BCUT2D eigenvalue weighted by Crippen LogP contribution is -2.19. The Morgan fingerprint density at radius 2 is 2.21 bits per heavy atom. The summed E-state index contributed by atoms with van der Waals surface area (Å²) >= 11 is 0. The Bertz CT molecular complexity index is 436. The van der Waals surface area contributed by atoms with Crippen molar-refractivity contribution in [3.63, 3.8) is 0 Å². The van der Waals surface area contributed by atoms with E-state index in [1.54, 1.807) is 0 Å². The highest BCUT2D eigenvalue weighted by Crippen LogP contribution is 2.03. The summed E-state index contributed by atoms with van der Waals surface area (Å²) in [4.78, 5) is 34.0. The van der Waals surface area contributed by atoms with E-state index in [1.165, 1.54) is 0 Å². The summed E-state index contributed by atoms with van der Waals surface area (Å²) in [6, 6.07) is 0. The van der Waals surface area contributed by atoms with Crippen molar-refractivity contribution < 1.29 is 14.5 Å². The maximum atomic E-state index is 11.2. The van der Waals surface area contributed by atoms with E-state index >= 15 is 0 Å². The van der Waals surface area contributed by atoms with Crippen LogP contribution in [0.4, 0.5) is 5.69 Å². The Hall–Kier alpha value is -2.18. The number of rotatable bonds is 2. The van der Waals surface area contributed by atoms with Crippen LogP contribution in [0.5, 0.6) is 0 Å². The summed E-state index contributed by atoms with van der Waals surface area (Å²) in [5.41, 5.74) is -2.03. The number of hydrogen-bond acceptors (Lipinski definition) is 5. The summed E-state index contributed by atoms with van der Waals surface area (Å²) < 4.78 is 4.27. The first-order valence-corrected chi connectivity index (χ1v) is 3.51. The predicted molar refractivity (Wildman–Crippen MR) is 45.1 cm³/mol. The van der Waals surface area contributed by atoms with Crippen LogP contribution in [0, 0.1) is 10.1 Å². The molecule has 0 aliphatic rings. The summed E-state index contributed by atoms with van der Waals surface area (Å²) in [7, 11) is 1.08. The normalized spacial score (nSPS) is 9.50. The topological polar surface area (TPSA) is 102 Å².